The van der Waals surface area contributed by atoms with Crippen LogP contribution in [0.4, 0.5) is 16.2 Å². The highest BCUT2D eigenvalue weighted by Gasteiger charge is 2.43. The second kappa shape index (κ2) is 24.0. The number of nitrogens with one attached hydrogen (secondary N) is 2. The number of phenols is 1. The minimum atomic E-state index is -0.886. The van der Waals surface area contributed by atoms with Gasteiger partial charge in [0, 0.05) is 81.7 Å². The Hall–Kier alpha value is -6.93. The fourth-order valence-electron chi connectivity index (χ4n) is 10.1. The number of aliphatic hydroxyl groups excluding tert-OH is 1. The topological polar surface area (TPSA) is 209 Å². The Morgan fingerprint density at radius 2 is 1.80 bits per heavy atom. The van der Waals surface area contributed by atoms with Crippen molar-refractivity contribution in [3.8, 4) is 33.1 Å². The zero-order valence-electron chi connectivity index (χ0n) is 43.3. The molecule has 2 aliphatic heterocycles. The lowest BCUT2D eigenvalue weighted by Gasteiger charge is -2.29. The van der Waals surface area contributed by atoms with E-state index in [1.54, 1.807) is 42.6 Å². The van der Waals surface area contributed by atoms with Crippen LogP contribution in [0.15, 0.2) is 76.8 Å². The Morgan fingerprint density at radius 1 is 1.00 bits per heavy atom. The van der Waals surface area contributed by atoms with E-state index >= 15 is 4.39 Å². The number of halogens is 2. The largest absolute Gasteiger partial charge is 0.508 e. The van der Waals surface area contributed by atoms with Crippen molar-refractivity contribution in [2.45, 2.75) is 84.4 Å². The third-order valence-electron chi connectivity index (χ3n) is 14.0. The molecule has 7 aromatic rings. The van der Waals surface area contributed by atoms with Gasteiger partial charge in [-0.15, -0.1) is 11.3 Å². The molecule has 0 unspecified atom stereocenters. The number of aromatic nitrogens is 4. The summed E-state index contributed by atoms with van der Waals surface area (Å²) in [4.78, 5) is 61.1. The number of aliphatic hydroxyl groups is 1. The Balaban J connectivity index is 0.799. The number of benzene rings is 4. The van der Waals surface area contributed by atoms with Crippen LogP contribution in [0.3, 0.4) is 0 Å². The number of rotatable bonds is 20. The number of phenolic OH excluding ortho intramolecular Hbond substituents is 1. The van der Waals surface area contributed by atoms with Crippen LogP contribution in [-0.2, 0) is 25.7 Å². The summed E-state index contributed by atoms with van der Waals surface area (Å²) in [5.41, 5.74) is 5.56. The number of piperidine rings is 1. The highest BCUT2D eigenvalue weighted by atomic mass is 35.5. The molecule has 0 radical (unpaired) electrons. The number of aromatic hydroxyl groups is 1. The molecule has 20 heteroatoms. The van der Waals surface area contributed by atoms with Gasteiger partial charge in [-0.1, -0.05) is 67.0 Å². The number of nitrogens with zero attached hydrogens (tertiary/aromatic N) is 7. The van der Waals surface area contributed by atoms with Crippen LogP contribution < -0.4 is 20.3 Å². The number of amides is 3. The van der Waals surface area contributed by atoms with Crippen LogP contribution in [0, 0.1) is 25.6 Å². The lowest BCUT2D eigenvalue weighted by atomic mass is 9.91. The Morgan fingerprint density at radius 3 is 2.55 bits per heavy atom. The average molecular weight is 1080 g/mol. The summed E-state index contributed by atoms with van der Waals surface area (Å²) in [5.74, 6) is -0.616. The van der Waals surface area contributed by atoms with E-state index in [1.807, 2.05) is 63.2 Å². The first kappa shape index (κ1) is 53.9. The van der Waals surface area contributed by atoms with Crippen molar-refractivity contribution < 1.29 is 43.0 Å². The van der Waals surface area contributed by atoms with E-state index in [4.69, 9.17) is 30.6 Å². The van der Waals surface area contributed by atoms with Crippen molar-refractivity contribution in [1.82, 2.24) is 35.2 Å². The van der Waals surface area contributed by atoms with E-state index in [2.05, 4.69) is 30.7 Å². The molecule has 2 aliphatic rings. The van der Waals surface area contributed by atoms with Gasteiger partial charge in [-0.05, 0) is 85.2 Å². The number of carbonyl (C=O) groups is 3. The molecule has 4 aromatic carbocycles. The first-order valence-corrected chi connectivity index (χ1v) is 27.0. The van der Waals surface area contributed by atoms with Crippen LogP contribution in [0.1, 0.15) is 74.6 Å². The van der Waals surface area contributed by atoms with Crippen LogP contribution >= 0.6 is 22.9 Å². The zero-order valence-corrected chi connectivity index (χ0v) is 44.8. The van der Waals surface area contributed by atoms with E-state index in [1.165, 1.54) is 22.3 Å². The van der Waals surface area contributed by atoms with Crippen molar-refractivity contribution in [3.05, 3.63) is 106 Å². The number of β-amino-alcohol motifs (C(OH)–C–C–N with tert-alkyl or cyclic N) is 1. The highest BCUT2D eigenvalue weighted by Crippen LogP contribution is 2.43. The zero-order chi connectivity index (χ0) is 53.6. The van der Waals surface area contributed by atoms with Gasteiger partial charge in [-0.2, -0.15) is 4.98 Å². The maximum absolute atomic E-state index is 16.9. The van der Waals surface area contributed by atoms with E-state index in [9.17, 15) is 24.6 Å². The SMILES string of the molecule is Cc1cc([C@@H](C(=O)N2C[C@H](O)C[C@H]2C(=O)NCc2ccc(-c3scnc3C)cc2OCCOCCN(C)C(=O)CCNc2nc(N3CCCCC3)c3cc(Cl)c(-c4cc(O)cc5ccccc45)c(F)c3n2)C(C)C)on1. The van der Waals surface area contributed by atoms with Crippen LogP contribution in [-0.4, -0.2) is 130 Å². The average Bonchev–Trinajstić information content (AvgIpc) is 4.18. The summed E-state index contributed by atoms with van der Waals surface area (Å²) >= 11 is 8.40. The maximum Gasteiger partial charge on any atom is 0.243 e. The van der Waals surface area contributed by atoms with Gasteiger partial charge in [-0.3, -0.25) is 14.4 Å². The fraction of sp³-hybridized carbons (Fsp3) is 0.411. The van der Waals surface area contributed by atoms with Crippen molar-refractivity contribution in [2.24, 2.45) is 5.92 Å². The summed E-state index contributed by atoms with van der Waals surface area (Å²) in [5, 5.41) is 33.5. The molecule has 400 valence electrons. The molecule has 2 saturated heterocycles. The summed E-state index contributed by atoms with van der Waals surface area (Å²) in [6.45, 7) is 10.3. The van der Waals surface area contributed by atoms with Crippen LogP contribution in [0.5, 0.6) is 11.5 Å². The molecule has 5 heterocycles. The number of thiazole rings is 1. The molecular formula is C56H63ClFN9O8S. The number of aryl methyl sites for hydroxylation is 2. The van der Waals surface area contributed by atoms with Crippen LogP contribution in [0.25, 0.3) is 43.2 Å². The smallest absolute Gasteiger partial charge is 0.243 e. The van der Waals surface area contributed by atoms with Crippen molar-refractivity contribution in [2.75, 3.05) is 69.8 Å². The Bertz CT molecular complexity index is 3240. The first-order valence-electron chi connectivity index (χ1n) is 25.7. The van der Waals surface area contributed by atoms with E-state index in [0.717, 1.165) is 59.3 Å². The molecule has 0 bridgehead atoms. The van der Waals surface area contributed by atoms with E-state index < -0.39 is 29.8 Å². The molecule has 3 atom stereocenters. The second-order valence-electron chi connectivity index (χ2n) is 19.8. The Labute approximate surface area is 449 Å². The number of ether oxygens (including phenoxy) is 2. The summed E-state index contributed by atoms with van der Waals surface area (Å²) in [6.07, 6.45) is 2.35. The van der Waals surface area contributed by atoms with Crippen molar-refractivity contribution >= 4 is 74.1 Å². The lowest BCUT2D eigenvalue weighted by molar-refractivity contribution is -0.141. The third-order valence-corrected chi connectivity index (χ3v) is 15.3. The van der Waals surface area contributed by atoms with E-state index in [0.29, 0.717) is 46.1 Å². The predicted octanol–water partition coefficient (Wildman–Crippen LogP) is 9.04. The molecule has 4 N–H and O–H groups in total. The first-order chi connectivity index (χ1) is 36.6. The number of anilines is 2. The molecule has 2 fully saturated rings. The minimum absolute atomic E-state index is 0.0165. The summed E-state index contributed by atoms with van der Waals surface area (Å²) in [6, 6.07) is 18.8. The third kappa shape index (κ3) is 12.0. The fourth-order valence-corrected chi connectivity index (χ4v) is 11.2. The van der Waals surface area contributed by atoms with Gasteiger partial charge in [0.1, 0.15) is 47.2 Å². The molecule has 76 heavy (non-hydrogen) atoms. The number of likely N-dealkylation sites (tertiary alicyclic amines) is 1. The molecule has 3 aromatic heterocycles. The van der Waals surface area contributed by atoms with Gasteiger partial charge in [0.25, 0.3) is 0 Å². The molecule has 0 saturated carbocycles. The van der Waals surface area contributed by atoms with Crippen molar-refractivity contribution in [3.63, 3.8) is 0 Å². The lowest BCUT2D eigenvalue weighted by Crippen LogP contribution is -2.48. The van der Waals surface area contributed by atoms with Gasteiger partial charge >= 0.3 is 0 Å². The number of hydrogen-bond donors (Lipinski definition) is 4. The Kier molecular flexibility index (Phi) is 17.0. The number of fused-ring (bicyclic) bond motifs is 2. The minimum Gasteiger partial charge on any atom is -0.508 e. The number of hydrogen-bond acceptors (Lipinski definition) is 15. The normalized spacial score (nSPS) is 16.2. The summed E-state index contributed by atoms with van der Waals surface area (Å²) in [7, 11) is 1.70. The van der Waals surface area contributed by atoms with Crippen LogP contribution in [0.2, 0.25) is 5.02 Å². The van der Waals surface area contributed by atoms with Gasteiger partial charge in [-0.25, -0.2) is 14.4 Å². The van der Waals surface area contributed by atoms with Gasteiger partial charge in [0.15, 0.2) is 5.82 Å². The predicted molar refractivity (Wildman–Crippen MR) is 291 cm³/mol. The van der Waals surface area contributed by atoms with Gasteiger partial charge in [0.05, 0.1) is 46.1 Å². The van der Waals surface area contributed by atoms with E-state index in [-0.39, 0.29) is 97.8 Å². The molecule has 17 nitrogen and oxygen atoms in total. The van der Waals surface area contributed by atoms with Gasteiger partial charge < -0.3 is 49.5 Å². The second-order valence-corrected chi connectivity index (χ2v) is 21.1. The molecule has 3 amide bonds. The maximum atomic E-state index is 16.9. The van der Waals surface area contributed by atoms with Gasteiger partial charge in [0.2, 0.25) is 23.7 Å². The number of likely N-dealkylation sites (N-methyl/N-ethyl adjacent to an activating group) is 1. The quantitative estimate of drug-likeness (QED) is 0.0526. The summed E-state index contributed by atoms with van der Waals surface area (Å²) < 4.78 is 34.6. The molecule has 0 spiro atoms. The number of carbonyl (C=O) groups excluding carboxylic acids is 3. The standard InChI is InChI=1S/C56H63ClFN9O8S/c1-32(2)48(46-23-33(3)64-75-46)55(72)67-30-39(69)27-44(67)54(71)60-29-37-14-13-36(52-34(4)61-31-76-52)25-45(37)74-22-21-73-20-19-65(5)47(70)15-16-59-56-62-51-42(53(63-56)66-17-9-6-10-18-66)28-43(57)49(50(51)58)41-26-38(68)24-35-11-7-8-12-40(35)41/h7-8,11-14,23-26,28,31-32,39,44,48,68-69H,6,9-10,15-22,27,29-30H2,1-5H3,(H,60,71)(H,59,62,63)/t39-,44+,48+/m1/s1. The highest BCUT2D eigenvalue weighted by molar-refractivity contribution is 7.13. The monoisotopic (exact) mass is 1080 g/mol. The molecule has 0 aliphatic carbocycles. The van der Waals surface area contributed by atoms with Crippen molar-refractivity contribution in [1.29, 1.82) is 0 Å². The molecule has 9 rings (SSSR count). The molecular weight excluding hydrogens is 1010 g/mol.